The van der Waals surface area contributed by atoms with Crippen LogP contribution in [0.25, 0.3) is 5.69 Å². The van der Waals surface area contributed by atoms with Crippen molar-refractivity contribution in [3.8, 4) is 5.69 Å². The van der Waals surface area contributed by atoms with Gasteiger partial charge in [-0.3, -0.25) is 4.79 Å². The molecule has 3 rings (SSSR count). The Morgan fingerprint density at radius 2 is 1.79 bits per heavy atom. The van der Waals surface area contributed by atoms with Crippen LogP contribution in [-0.4, -0.2) is 40.3 Å². The molecule has 1 amide bonds. The van der Waals surface area contributed by atoms with E-state index in [4.69, 9.17) is 0 Å². The number of carbonyl (C=O) groups is 1. The standard InChI is InChI=1S/C23H29N5O/c1-5-27(6-2)22-12-9-20(16-25-22)23(29)24-14-13-19-7-10-21(11-8-19)28-18(4)15-17(3)26-28/h7-12,15-16H,5-6,13-14H2,1-4H3,(H,24,29). The fourth-order valence-corrected chi connectivity index (χ4v) is 3.37. The molecule has 29 heavy (non-hydrogen) atoms. The maximum absolute atomic E-state index is 12.4. The van der Waals surface area contributed by atoms with Gasteiger partial charge in [-0.05, 0) is 70.0 Å². The van der Waals surface area contributed by atoms with Crippen LogP contribution in [0.3, 0.4) is 0 Å². The van der Waals surface area contributed by atoms with Gasteiger partial charge in [0.05, 0.1) is 16.9 Å². The molecule has 0 saturated carbocycles. The highest BCUT2D eigenvalue weighted by molar-refractivity contribution is 5.94. The molecular formula is C23H29N5O. The first-order chi connectivity index (χ1) is 14.0. The highest BCUT2D eigenvalue weighted by Crippen LogP contribution is 2.14. The Morgan fingerprint density at radius 1 is 1.07 bits per heavy atom. The van der Waals surface area contributed by atoms with Crippen LogP contribution >= 0.6 is 0 Å². The molecule has 0 unspecified atom stereocenters. The molecule has 0 spiro atoms. The van der Waals surface area contributed by atoms with Crippen molar-refractivity contribution in [2.24, 2.45) is 0 Å². The average molecular weight is 392 g/mol. The van der Waals surface area contributed by atoms with E-state index in [0.29, 0.717) is 12.1 Å². The number of benzene rings is 1. The molecule has 3 aromatic rings. The molecule has 0 fully saturated rings. The summed E-state index contributed by atoms with van der Waals surface area (Å²) < 4.78 is 1.94. The summed E-state index contributed by atoms with van der Waals surface area (Å²) in [5.41, 5.74) is 4.92. The lowest BCUT2D eigenvalue weighted by molar-refractivity contribution is 0.0954. The van der Waals surface area contributed by atoms with Gasteiger partial charge in [0.25, 0.3) is 5.91 Å². The lowest BCUT2D eigenvalue weighted by atomic mass is 10.1. The van der Waals surface area contributed by atoms with Crippen LogP contribution in [0.4, 0.5) is 5.82 Å². The molecule has 2 heterocycles. The molecular weight excluding hydrogens is 362 g/mol. The normalized spacial score (nSPS) is 10.8. The van der Waals surface area contributed by atoms with Crippen molar-refractivity contribution in [2.45, 2.75) is 34.1 Å². The van der Waals surface area contributed by atoms with Crippen LogP contribution in [0.5, 0.6) is 0 Å². The van der Waals surface area contributed by atoms with E-state index in [9.17, 15) is 4.79 Å². The van der Waals surface area contributed by atoms with Crippen molar-refractivity contribution < 1.29 is 4.79 Å². The Morgan fingerprint density at radius 3 is 2.34 bits per heavy atom. The van der Waals surface area contributed by atoms with E-state index < -0.39 is 0 Å². The minimum atomic E-state index is -0.0946. The summed E-state index contributed by atoms with van der Waals surface area (Å²) in [6.07, 6.45) is 2.42. The topological polar surface area (TPSA) is 63.1 Å². The lowest BCUT2D eigenvalue weighted by Crippen LogP contribution is -2.26. The monoisotopic (exact) mass is 391 g/mol. The Labute approximate surface area is 172 Å². The fraction of sp³-hybridized carbons (Fsp3) is 0.348. The molecule has 6 heteroatoms. The predicted octanol–water partition coefficient (Wildman–Crippen LogP) is 3.70. The van der Waals surface area contributed by atoms with Gasteiger partial charge in [-0.1, -0.05) is 12.1 Å². The van der Waals surface area contributed by atoms with E-state index in [1.807, 2.05) is 30.7 Å². The average Bonchev–Trinajstić information content (AvgIpc) is 3.08. The number of hydrogen-bond acceptors (Lipinski definition) is 4. The minimum absolute atomic E-state index is 0.0946. The maximum atomic E-state index is 12.4. The van der Waals surface area contributed by atoms with Crippen LogP contribution in [0, 0.1) is 13.8 Å². The number of carbonyl (C=O) groups excluding carboxylic acids is 1. The number of pyridine rings is 1. The van der Waals surface area contributed by atoms with Crippen molar-refractivity contribution in [1.82, 2.24) is 20.1 Å². The minimum Gasteiger partial charge on any atom is -0.357 e. The van der Waals surface area contributed by atoms with Gasteiger partial charge >= 0.3 is 0 Å². The van der Waals surface area contributed by atoms with E-state index in [1.54, 1.807) is 6.20 Å². The van der Waals surface area contributed by atoms with E-state index in [-0.39, 0.29) is 5.91 Å². The van der Waals surface area contributed by atoms with Crippen LogP contribution in [0.1, 0.15) is 41.2 Å². The molecule has 0 atom stereocenters. The smallest absolute Gasteiger partial charge is 0.252 e. The Hall–Kier alpha value is -3.15. The maximum Gasteiger partial charge on any atom is 0.252 e. The number of aryl methyl sites for hydroxylation is 2. The van der Waals surface area contributed by atoms with Crippen molar-refractivity contribution in [3.63, 3.8) is 0 Å². The molecule has 1 aromatic carbocycles. The third-order valence-corrected chi connectivity index (χ3v) is 4.99. The number of anilines is 1. The van der Waals surface area contributed by atoms with Gasteiger partial charge in [0.2, 0.25) is 0 Å². The predicted molar refractivity (Wildman–Crippen MR) is 117 cm³/mol. The van der Waals surface area contributed by atoms with Gasteiger partial charge in [0.1, 0.15) is 5.82 Å². The fourth-order valence-electron chi connectivity index (χ4n) is 3.37. The van der Waals surface area contributed by atoms with Crippen LogP contribution in [-0.2, 0) is 6.42 Å². The molecule has 0 aliphatic carbocycles. The number of nitrogens with one attached hydrogen (secondary N) is 1. The van der Waals surface area contributed by atoms with Crippen molar-refractivity contribution in [1.29, 1.82) is 0 Å². The van der Waals surface area contributed by atoms with Gasteiger partial charge in [-0.25, -0.2) is 9.67 Å². The summed E-state index contributed by atoms with van der Waals surface area (Å²) in [6, 6.07) is 14.1. The molecule has 2 aromatic heterocycles. The molecule has 0 radical (unpaired) electrons. The quantitative estimate of drug-likeness (QED) is 0.636. The molecule has 1 N–H and O–H groups in total. The summed E-state index contributed by atoms with van der Waals surface area (Å²) in [6.45, 7) is 10.6. The first-order valence-corrected chi connectivity index (χ1v) is 10.1. The summed E-state index contributed by atoms with van der Waals surface area (Å²) in [7, 11) is 0. The highest BCUT2D eigenvalue weighted by Gasteiger charge is 2.08. The third kappa shape index (κ3) is 5.02. The van der Waals surface area contributed by atoms with Gasteiger partial charge in [-0.15, -0.1) is 0 Å². The molecule has 152 valence electrons. The second kappa shape index (κ2) is 9.37. The zero-order chi connectivity index (χ0) is 20.8. The van der Waals surface area contributed by atoms with E-state index in [1.165, 1.54) is 5.56 Å². The Kier molecular flexibility index (Phi) is 6.65. The number of rotatable bonds is 8. The third-order valence-electron chi connectivity index (χ3n) is 4.99. The second-order valence-corrected chi connectivity index (χ2v) is 7.09. The van der Waals surface area contributed by atoms with E-state index >= 15 is 0 Å². The molecule has 6 nitrogen and oxygen atoms in total. The highest BCUT2D eigenvalue weighted by atomic mass is 16.1. The second-order valence-electron chi connectivity index (χ2n) is 7.09. The van der Waals surface area contributed by atoms with Crippen LogP contribution in [0.2, 0.25) is 0 Å². The van der Waals surface area contributed by atoms with Crippen molar-refractivity contribution in [3.05, 3.63) is 71.2 Å². The zero-order valence-corrected chi connectivity index (χ0v) is 17.6. The first-order valence-electron chi connectivity index (χ1n) is 10.1. The van der Waals surface area contributed by atoms with Crippen molar-refractivity contribution >= 4 is 11.7 Å². The van der Waals surface area contributed by atoms with Crippen LogP contribution in [0.15, 0.2) is 48.7 Å². The SMILES string of the molecule is CCN(CC)c1ccc(C(=O)NCCc2ccc(-n3nc(C)cc3C)cc2)cn1. The number of hydrogen-bond donors (Lipinski definition) is 1. The number of nitrogens with zero attached hydrogens (tertiary/aromatic N) is 4. The van der Waals surface area contributed by atoms with Gasteiger partial charge in [0.15, 0.2) is 0 Å². The Bertz CT molecular complexity index is 940. The number of amides is 1. The zero-order valence-electron chi connectivity index (χ0n) is 17.6. The summed E-state index contributed by atoms with van der Waals surface area (Å²) in [5, 5.41) is 7.48. The summed E-state index contributed by atoms with van der Waals surface area (Å²) >= 11 is 0. The van der Waals surface area contributed by atoms with E-state index in [0.717, 1.165) is 42.4 Å². The lowest BCUT2D eigenvalue weighted by Gasteiger charge is -2.19. The van der Waals surface area contributed by atoms with Gasteiger partial charge in [0, 0.05) is 31.5 Å². The van der Waals surface area contributed by atoms with Gasteiger partial charge in [-0.2, -0.15) is 5.10 Å². The van der Waals surface area contributed by atoms with E-state index in [2.05, 4.69) is 64.5 Å². The van der Waals surface area contributed by atoms with Crippen molar-refractivity contribution in [2.75, 3.05) is 24.5 Å². The summed E-state index contributed by atoms with van der Waals surface area (Å²) in [5.74, 6) is 0.803. The Balaban J connectivity index is 1.53. The molecule has 0 bridgehead atoms. The van der Waals surface area contributed by atoms with Crippen LogP contribution < -0.4 is 10.2 Å². The largest absolute Gasteiger partial charge is 0.357 e. The molecule has 0 aliphatic rings. The molecule has 0 saturated heterocycles. The number of aromatic nitrogens is 3. The van der Waals surface area contributed by atoms with Gasteiger partial charge < -0.3 is 10.2 Å². The first kappa shape index (κ1) is 20.6. The summed E-state index contributed by atoms with van der Waals surface area (Å²) in [4.78, 5) is 18.9. The molecule has 0 aliphatic heterocycles.